The van der Waals surface area contributed by atoms with Gasteiger partial charge in [-0.15, -0.1) is 0 Å². The quantitative estimate of drug-likeness (QED) is 0.199. The maximum absolute atomic E-state index is 13.4. The van der Waals surface area contributed by atoms with Gasteiger partial charge in [-0.3, -0.25) is 14.2 Å². The molecule has 0 aliphatic carbocycles. The first-order chi connectivity index (χ1) is 16.5. The van der Waals surface area contributed by atoms with E-state index in [0.29, 0.717) is 47.1 Å². The first-order valence-electron chi connectivity index (χ1n) is 10.7. The molecule has 4 rings (SSSR count). The van der Waals surface area contributed by atoms with E-state index in [1.54, 1.807) is 29.9 Å². The summed E-state index contributed by atoms with van der Waals surface area (Å²) in [6, 6.07) is 16.8. The number of methoxy groups -OCH3 is 1. The number of fused-ring (bicyclic) bond motifs is 1. The molecule has 174 valence electrons. The van der Waals surface area contributed by atoms with Crippen molar-refractivity contribution in [1.29, 1.82) is 0 Å². The highest BCUT2D eigenvalue weighted by Gasteiger charge is 2.14. The van der Waals surface area contributed by atoms with E-state index in [0.717, 1.165) is 15.6 Å². The van der Waals surface area contributed by atoms with Crippen molar-refractivity contribution in [2.24, 2.45) is 0 Å². The zero-order valence-electron chi connectivity index (χ0n) is 18.6. The fourth-order valence-electron chi connectivity index (χ4n) is 3.40. The summed E-state index contributed by atoms with van der Waals surface area (Å²) in [5.41, 5.74) is 3.16. The molecule has 1 amide bonds. The predicted molar refractivity (Wildman–Crippen MR) is 136 cm³/mol. The van der Waals surface area contributed by atoms with Crippen LogP contribution in [0, 0.1) is 0 Å². The molecule has 0 bridgehead atoms. The number of benzene rings is 2. The first-order valence-corrected chi connectivity index (χ1v) is 12.5. The van der Waals surface area contributed by atoms with Crippen molar-refractivity contribution in [3.8, 4) is 0 Å². The molecule has 0 saturated carbocycles. The van der Waals surface area contributed by atoms with E-state index in [4.69, 9.17) is 9.72 Å². The largest absolute Gasteiger partial charge is 0.383 e. The molecule has 2 aromatic heterocycles. The number of H-pyrrole nitrogens is 1. The van der Waals surface area contributed by atoms with Crippen molar-refractivity contribution >= 4 is 44.5 Å². The Kier molecular flexibility index (Phi) is 8.10. The van der Waals surface area contributed by atoms with Crippen LogP contribution in [0.2, 0.25) is 0 Å². The number of aromatic nitrogens is 3. The van der Waals surface area contributed by atoms with E-state index in [1.165, 1.54) is 11.8 Å². The maximum Gasteiger partial charge on any atom is 0.262 e. The lowest BCUT2D eigenvalue weighted by molar-refractivity contribution is -0.378. The Labute approximate surface area is 209 Å². The molecule has 0 radical (unpaired) electrons. The number of carbonyl (C=O) groups excluding carboxylic acids is 1. The Bertz CT molecular complexity index is 1340. The lowest BCUT2D eigenvalue weighted by Crippen LogP contribution is -2.27. The van der Waals surface area contributed by atoms with Crippen LogP contribution in [0.5, 0.6) is 0 Å². The second kappa shape index (κ2) is 11.4. The fourth-order valence-corrected chi connectivity index (χ4v) is 4.72. The van der Waals surface area contributed by atoms with Gasteiger partial charge in [0.25, 0.3) is 11.5 Å². The van der Waals surface area contributed by atoms with Crippen LogP contribution in [-0.4, -0.2) is 35.7 Å². The van der Waals surface area contributed by atoms with Crippen molar-refractivity contribution in [3.05, 3.63) is 98.5 Å². The lowest BCUT2D eigenvalue weighted by atomic mass is 10.1. The van der Waals surface area contributed by atoms with Crippen LogP contribution in [0.4, 0.5) is 0 Å². The molecule has 34 heavy (non-hydrogen) atoms. The number of hydrogen-bond acceptors (Lipinski definition) is 5. The molecule has 4 aromatic rings. The van der Waals surface area contributed by atoms with Crippen molar-refractivity contribution in [2.75, 3.05) is 20.3 Å². The second-order valence-electron chi connectivity index (χ2n) is 7.59. The number of pyridine rings is 1. The van der Waals surface area contributed by atoms with Gasteiger partial charge in [0, 0.05) is 41.6 Å². The number of thioether (sulfide) groups is 1. The van der Waals surface area contributed by atoms with E-state index in [2.05, 4.69) is 26.2 Å². The Balaban J connectivity index is 1.62. The fraction of sp³-hybridized carbons (Fsp3) is 0.200. The van der Waals surface area contributed by atoms with E-state index >= 15 is 0 Å². The maximum atomic E-state index is 13.4. The van der Waals surface area contributed by atoms with Crippen LogP contribution in [0.1, 0.15) is 21.5 Å². The highest BCUT2D eigenvalue weighted by atomic mass is 79.9. The molecular formula is C25H24BrN4O3S+. The van der Waals surface area contributed by atoms with Gasteiger partial charge in [-0.2, -0.15) is 0 Å². The molecule has 0 spiro atoms. The second-order valence-corrected chi connectivity index (χ2v) is 9.45. The topological polar surface area (TPSA) is 87.4 Å². The van der Waals surface area contributed by atoms with Crippen molar-refractivity contribution in [2.45, 2.75) is 17.5 Å². The van der Waals surface area contributed by atoms with Crippen LogP contribution in [0.15, 0.2) is 81.4 Å². The summed E-state index contributed by atoms with van der Waals surface area (Å²) in [6.07, 6.45) is 3.75. The molecule has 0 saturated heterocycles. The molecule has 0 aliphatic rings. The molecule has 2 heterocycles. The molecule has 0 unspecified atom stereocenters. The number of ether oxygens (including phenoxy) is 1. The van der Waals surface area contributed by atoms with Gasteiger partial charge in [0.15, 0.2) is 17.6 Å². The van der Waals surface area contributed by atoms with E-state index in [9.17, 15) is 9.59 Å². The van der Waals surface area contributed by atoms with Gasteiger partial charge in [-0.25, -0.2) is 9.97 Å². The van der Waals surface area contributed by atoms with Gasteiger partial charge in [-0.1, -0.05) is 39.8 Å². The summed E-state index contributed by atoms with van der Waals surface area (Å²) in [7, 11) is 1.59. The van der Waals surface area contributed by atoms with Gasteiger partial charge in [0.2, 0.25) is 0 Å². The monoisotopic (exact) mass is 539 g/mol. The molecule has 2 aromatic carbocycles. The average molecular weight is 540 g/mol. The summed E-state index contributed by atoms with van der Waals surface area (Å²) in [6.45, 7) is 1.26. The third-order valence-electron chi connectivity index (χ3n) is 5.18. The summed E-state index contributed by atoms with van der Waals surface area (Å²) in [4.78, 5) is 33.5. The molecule has 0 atom stereocenters. The van der Waals surface area contributed by atoms with Crippen LogP contribution >= 0.6 is 27.7 Å². The normalized spacial score (nSPS) is 11.0. The molecule has 9 heteroatoms. The predicted octanol–water partition coefficient (Wildman–Crippen LogP) is 3.69. The van der Waals surface area contributed by atoms with Crippen LogP contribution in [-0.2, 0) is 17.0 Å². The first kappa shape index (κ1) is 24.1. The minimum Gasteiger partial charge on any atom is -0.383 e. The lowest BCUT2D eigenvalue weighted by Gasteiger charge is -2.14. The Morgan fingerprint density at radius 2 is 1.88 bits per heavy atom. The third kappa shape index (κ3) is 5.91. The Hall–Kier alpha value is -3.01. The third-order valence-corrected chi connectivity index (χ3v) is 6.73. The Morgan fingerprint density at radius 1 is 1.12 bits per heavy atom. The van der Waals surface area contributed by atoms with Gasteiger partial charge in [0.1, 0.15) is 0 Å². The number of carbonyl (C=O) groups is 1. The van der Waals surface area contributed by atoms with E-state index in [-0.39, 0.29) is 11.5 Å². The molecule has 0 fully saturated rings. The molecular weight excluding hydrogens is 516 g/mol. The number of aromatic amines is 1. The number of nitrogens with one attached hydrogen (secondary N) is 2. The molecule has 2 N–H and O–H groups in total. The Morgan fingerprint density at radius 3 is 2.62 bits per heavy atom. The molecule has 7 nitrogen and oxygen atoms in total. The minimum absolute atomic E-state index is 0.100. The van der Waals surface area contributed by atoms with Gasteiger partial charge in [-0.05, 0) is 41.5 Å². The number of halogens is 1. The highest BCUT2D eigenvalue weighted by Crippen LogP contribution is 2.24. The smallest absolute Gasteiger partial charge is 0.262 e. The minimum atomic E-state index is -0.158. The summed E-state index contributed by atoms with van der Waals surface area (Å²) < 4.78 is 7.49. The van der Waals surface area contributed by atoms with Crippen molar-refractivity contribution in [1.82, 2.24) is 14.9 Å². The standard InChI is InChI=1S/C25H23BrN4O3S/c1-33-13-12-28-23(31)19-4-2-17(3-5-19)15-30-24(32)21-14-20(26)6-7-22(21)29-25(30)34-16-18-8-10-27-11-9-18/h2-11,14H,12-13,15-16H2,1H3,(H,28,31)/p+1. The van der Waals surface area contributed by atoms with Crippen molar-refractivity contribution in [3.63, 3.8) is 0 Å². The van der Waals surface area contributed by atoms with E-state index < -0.39 is 0 Å². The zero-order chi connectivity index (χ0) is 23.9. The summed E-state index contributed by atoms with van der Waals surface area (Å²) in [5, 5.41) is 4.01. The van der Waals surface area contributed by atoms with Gasteiger partial charge < -0.3 is 10.1 Å². The zero-order valence-corrected chi connectivity index (χ0v) is 21.0. The molecule has 0 aliphatic heterocycles. The number of rotatable bonds is 9. The van der Waals surface area contributed by atoms with Gasteiger partial charge >= 0.3 is 0 Å². The van der Waals surface area contributed by atoms with Crippen LogP contribution in [0.3, 0.4) is 0 Å². The summed E-state index contributed by atoms with van der Waals surface area (Å²) in [5.74, 6) is 0.526. The van der Waals surface area contributed by atoms with Crippen LogP contribution in [0.25, 0.3) is 10.9 Å². The van der Waals surface area contributed by atoms with E-state index in [1.807, 2.05) is 48.8 Å². The highest BCUT2D eigenvalue weighted by molar-refractivity contribution is 9.10. The average Bonchev–Trinajstić information content (AvgIpc) is 2.86. The number of hydrogen-bond donors (Lipinski definition) is 1. The number of nitrogens with zero attached hydrogens (tertiary/aromatic N) is 2. The van der Waals surface area contributed by atoms with Gasteiger partial charge in [0.05, 0.1) is 24.1 Å². The summed E-state index contributed by atoms with van der Waals surface area (Å²) >= 11 is 4.97. The SMILES string of the molecule is COCCNC(=O)c1ccc(Cn2c(SCc3cc[nH+]cc3)nc3ccc(Br)cc3c2=O)cc1. The van der Waals surface area contributed by atoms with Crippen LogP contribution < -0.4 is 15.9 Å². The number of amides is 1. The van der Waals surface area contributed by atoms with Crippen molar-refractivity contribution < 1.29 is 14.5 Å².